The van der Waals surface area contributed by atoms with Gasteiger partial charge in [0.2, 0.25) is 0 Å². The molecule has 0 aliphatic carbocycles. The molecule has 0 aliphatic heterocycles. The van der Waals surface area contributed by atoms with Crippen molar-refractivity contribution in [1.29, 1.82) is 0 Å². The summed E-state index contributed by atoms with van der Waals surface area (Å²) in [6.45, 7) is 0.762. The number of rotatable bonds is 5. The van der Waals surface area contributed by atoms with Crippen LogP contribution in [0.25, 0.3) is 16.7 Å². The van der Waals surface area contributed by atoms with Gasteiger partial charge in [0.25, 0.3) is 0 Å². The Morgan fingerprint density at radius 2 is 1.92 bits per heavy atom. The average Bonchev–Trinajstić information content (AvgIpc) is 3.17. The highest BCUT2D eigenvalue weighted by molar-refractivity contribution is 5.87. The Morgan fingerprint density at radius 3 is 2.72 bits per heavy atom. The van der Waals surface area contributed by atoms with Crippen LogP contribution in [0.4, 0.5) is 11.6 Å². The van der Waals surface area contributed by atoms with E-state index in [0.29, 0.717) is 11.5 Å². The molecule has 7 nitrogen and oxygen atoms in total. The zero-order chi connectivity index (χ0) is 17.1. The van der Waals surface area contributed by atoms with E-state index in [1.54, 1.807) is 12.3 Å². The first kappa shape index (κ1) is 15.1. The van der Waals surface area contributed by atoms with Gasteiger partial charge in [-0.1, -0.05) is 12.1 Å². The number of nitrogens with zero attached hydrogens (tertiary/aromatic N) is 5. The molecule has 0 amide bonds. The summed E-state index contributed by atoms with van der Waals surface area (Å²) in [5.41, 5.74) is 8.59. The minimum absolute atomic E-state index is 0.453. The first-order chi connectivity index (χ1) is 12.3. The molecule has 0 radical (unpaired) electrons. The van der Waals surface area contributed by atoms with E-state index < -0.39 is 0 Å². The first-order valence-corrected chi connectivity index (χ1v) is 8.00. The molecular formula is C18H17N7. The summed E-state index contributed by atoms with van der Waals surface area (Å²) in [5.74, 6) is 1.22. The Labute approximate surface area is 144 Å². The van der Waals surface area contributed by atoms with Gasteiger partial charge in [0.15, 0.2) is 5.65 Å². The Morgan fingerprint density at radius 1 is 1.04 bits per heavy atom. The van der Waals surface area contributed by atoms with Crippen LogP contribution in [0.2, 0.25) is 0 Å². The van der Waals surface area contributed by atoms with Crippen molar-refractivity contribution in [2.24, 2.45) is 0 Å². The van der Waals surface area contributed by atoms with Crippen LogP contribution in [-0.2, 0) is 6.42 Å². The summed E-state index contributed by atoms with van der Waals surface area (Å²) in [6.07, 6.45) is 6.08. The molecular weight excluding hydrogens is 314 g/mol. The first-order valence-electron chi connectivity index (χ1n) is 8.00. The van der Waals surface area contributed by atoms with E-state index in [-0.39, 0.29) is 0 Å². The molecule has 0 saturated heterocycles. The van der Waals surface area contributed by atoms with Crippen molar-refractivity contribution in [3.8, 4) is 5.69 Å². The monoisotopic (exact) mass is 331 g/mol. The number of nitrogens with two attached hydrogens (primary N) is 1. The SMILES string of the molecule is Nc1ccc2c(NCCc3ccc(-n4cccn4)cc3)ncnc2n1. The van der Waals surface area contributed by atoms with Crippen molar-refractivity contribution in [3.63, 3.8) is 0 Å². The molecule has 7 heteroatoms. The third-order valence-corrected chi connectivity index (χ3v) is 3.93. The average molecular weight is 331 g/mol. The van der Waals surface area contributed by atoms with E-state index in [9.17, 15) is 0 Å². The largest absolute Gasteiger partial charge is 0.384 e. The molecule has 3 N–H and O–H groups in total. The second kappa shape index (κ2) is 6.56. The van der Waals surface area contributed by atoms with Crippen LogP contribution in [-0.4, -0.2) is 31.3 Å². The van der Waals surface area contributed by atoms with Gasteiger partial charge in [0.05, 0.1) is 11.1 Å². The standard InChI is InChI=1S/C18H17N7/c19-16-7-6-15-17(21-12-22-18(15)24-16)20-10-8-13-2-4-14(5-3-13)25-11-1-9-23-25/h1-7,9,11-12H,8,10H2,(H3,19,20,21,22,24). The van der Waals surface area contributed by atoms with Crippen LogP contribution in [0.5, 0.6) is 0 Å². The number of nitrogen functional groups attached to an aromatic ring is 1. The minimum Gasteiger partial charge on any atom is -0.384 e. The zero-order valence-electron chi connectivity index (χ0n) is 13.5. The summed E-state index contributed by atoms with van der Waals surface area (Å²) in [5, 5.41) is 8.44. The van der Waals surface area contributed by atoms with Crippen molar-refractivity contribution < 1.29 is 0 Å². The Hall–Kier alpha value is -3.48. The van der Waals surface area contributed by atoms with Gasteiger partial charge in [-0.25, -0.2) is 19.6 Å². The third-order valence-electron chi connectivity index (χ3n) is 3.93. The summed E-state index contributed by atoms with van der Waals surface area (Å²) in [4.78, 5) is 12.7. The Kier molecular flexibility index (Phi) is 3.96. The van der Waals surface area contributed by atoms with Crippen LogP contribution in [0.1, 0.15) is 5.56 Å². The summed E-state index contributed by atoms with van der Waals surface area (Å²) in [6, 6.07) is 13.9. The van der Waals surface area contributed by atoms with Gasteiger partial charge < -0.3 is 11.1 Å². The number of benzene rings is 1. The number of hydrogen-bond acceptors (Lipinski definition) is 6. The van der Waals surface area contributed by atoms with E-state index in [2.05, 4.69) is 49.6 Å². The molecule has 0 aliphatic rings. The Balaban J connectivity index is 1.43. The highest BCUT2D eigenvalue weighted by Crippen LogP contribution is 2.18. The summed E-state index contributed by atoms with van der Waals surface area (Å²) >= 11 is 0. The van der Waals surface area contributed by atoms with Gasteiger partial charge in [0, 0.05) is 18.9 Å². The smallest absolute Gasteiger partial charge is 0.166 e. The van der Waals surface area contributed by atoms with E-state index in [0.717, 1.165) is 29.9 Å². The highest BCUT2D eigenvalue weighted by atomic mass is 15.3. The number of pyridine rings is 1. The number of aromatic nitrogens is 5. The van der Waals surface area contributed by atoms with Gasteiger partial charge in [-0.3, -0.25) is 0 Å². The van der Waals surface area contributed by atoms with E-state index in [4.69, 9.17) is 5.73 Å². The van der Waals surface area contributed by atoms with E-state index in [1.807, 2.05) is 23.0 Å². The van der Waals surface area contributed by atoms with Gasteiger partial charge in [-0.05, 0) is 42.3 Å². The maximum atomic E-state index is 5.70. The lowest BCUT2D eigenvalue weighted by Gasteiger charge is -2.09. The van der Waals surface area contributed by atoms with Crippen LogP contribution in [0.15, 0.2) is 61.2 Å². The fourth-order valence-electron chi connectivity index (χ4n) is 2.66. The molecule has 124 valence electrons. The molecule has 4 aromatic rings. The number of fused-ring (bicyclic) bond motifs is 1. The molecule has 4 rings (SSSR count). The third kappa shape index (κ3) is 3.25. The van der Waals surface area contributed by atoms with Gasteiger partial charge in [-0.2, -0.15) is 5.10 Å². The molecule has 0 saturated carbocycles. The van der Waals surface area contributed by atoms with E-state index >= 15 is 0 Å². The number of hydrogen-bond donors (Lipinski definition) is 2. The van der Waals surface area contributed by atoms with Crippen molar-refractivity contribution >= 4 is 22.7 Å². The molecule has 3 heterocycles. The molecule has 0 spiro atoms. The lowest BCUT2D eigenvalue weighted by atomic mass is 10.1. The fraction of sp³-hybridized carbons (Fsp3) is 0.111. The number of nitrogens with one attached hydrogen (secondary N) is 1. The van der Waals surface area contributed by atoms with Gasteiger partial charge in [-0.15, -0.1) is 0 Å². The highest BCUT2D eigenvalue weighted by Gasteiger charge is 2.05. The minimum atomic E-state index is 0.453. The van der Waals surface area contributed by atoms with E-state index in [1.165, 1.54) is 11.9 Å². The Bertz CT molecular complexity index is 978. The second-order valence-electron chi connectivity index (χ2n) is 5.62. The van der Waals surface area contributed by atoms with Crippen molar-refractivity contribution in [2.45, 2.75) is 6.42 Å². The molecule has 0 fully saturated rings. The molecule has 0 unspecified atom stereocenters. The van der Waals surface area contributed by atoms with Crippen LogP contribution in [0.3, 0.4) is 0 Å². The molecule has 0 atom stereocenters. The van der Waals surface area contributed by atoms with Crippen molar-refractivity contribution in [2.75, 3.05) is 17.6 Å². The normalized spacial score (nSPS) is 10.9. The summed E-state index contributed by atoms with van der Waals surface area (Å²) < 4.78 is 1.84. The summed E-state index contributed by atoms with van der Waals surface area (Å²) in [7, 11) is 0. The predicted molar refractivity (Wildman–Crippen MR) is 97.5 cm³/mol. The maximum absolute atomic E-state index is 5.70. The van der Waals surface area contributed by atoms with Crippen molar-refractivity contribution in [1.82, 2.24) is 24.7 Å². The van der Waals surface area contributed by atoms with Gasteiger partial charge in [0.1, 0.15) is 18.0 Å². The van der Waals surface area contributed by atoms with Crippen LogP contribution in [0, 0.1) is 0 Å². The molecule has 0 bridgehead atoms. The topological polar surface area (TPSA) is 94.5 Å². The molecule has 25 heavy (non-hydrogen) atoms. The second-order valence-corrected chi connectivity index (χ2v) is 5.62. The van der Waals surface area contributed by atoms with Crippen LogP contribution >= 0.6 is 0 Å². The predicted octanol–water partition coefficient (Wildman–Crippen LogP) is 2.45. The fourth-order valence-corrected chi connectivity index (χ4v) is 2.66. The maximum Gasteiger partial charge on any atom is 0.166 e. The van der Waals surface area contributed by atoms with Crippen molar-refractivity contribution in [3.05, 3.63) is 66.7 Å². The lowest BCUT2D eigenvalue weighted by Crippen LogP contribution is -2.07. The quantitative estimate of drug-likeness (QED) is 0.583. The van der Waals surface area contributed by atoms with Crippen LogP contribution < -0.4 is 11.1 Å². The molecule has 1 aromatic carbocycles. The van der Waals surface area contributed by atoms with Gasteiger partial charge >= 0.3 is 0 Å². The lowest BCUT2D eigenvalue weighted by molar-refractivity contribution is 0.878. The number of anilines is 2. The molecule has 3 aromatic heterocycles. The zero-order valence-corrected chi connectivity index (χ0v) is 13.5.